The number of hydrogen-bond acceptors (Lipinski definition) is 3. The lowest BCUT2D eigenvalue weighted by Crippen LogP contribution is -2.48. The molecule has 0 aliphatic carbocycles. The summed E-state index contributed by atoms with van der Waals surface area (Å²) in [7, 11) is 1.78. The maximum Gasteiger partial charge on any atom is 0.0628 e. The number of piperidine rings is 1. The summed E-state index contributed by atoms with van der Waals surface area (Å²) in [5.41, 5.74) is 0.488. The molecule has 0 saturated carbocycles. The highest BCUT2D eigenvalue weighted by atomic mass is 16.5. The van der Waals surface area contributed by atoms with Gasteiger partial charge in [0, 0.05) is 26.2 Å². The normalized spacial score (nSPS) is 23.2. The first-order chi connectivity index (χ1) is 7.57. The van der Waals surface area contributed by atoms with Gasteiger partial charge in [0.15, 0.2) is 0 Å². The Balaban J connectivity index is 2.38. The average Bonchev–Trinajstić information content (AvgIpc) is 2.16. The molecule has 3 heteroatoms. The highest BCUT2D eigenvalue weighted by Gasteiger charge is 2.27. The fraction of sp³-hybridized carbons (Fsp3) is 1.00. The quantitative estimate of drug-likeness (QED) is 0.749. The minimum Gasteiger partial charge on any atom is -0.383 e. The highest BCUT2D eigenvalue weighted by Crippen LogP contribution is 2.28. The minimum atomic E-state index is 0.476. The molecular weight excluding hydrogens is 200 g/mol. The summed E-state index contributed by atoms with van der Waals surface area (Å²) in [5, 5.41) is 3.49. The Morgan fingerprint density at radius 3 is 2.75 bits per heavy atom. The highest BCUT2D eigenvalue weighted by molar-refractivity contribution is 4.82. The first-order valence-electron chi connectivity index (χ1n) is 6.52. The Morgan fingerprint density at radius 2 is 2.19 bits per heavy atom. The Morgan fingerprint density at radius 1 is 1.44 bits per heavy atom. The summed E-state index contributed by atoms with van der Waals surface area (Å²) >= 11 is 0. The summed E-state index contributed by atoms with van der Waals surface area (Å²) in [5.74, 6) is 0. The van der Waals surface area contributed by atoms with Crippen molar-refractivity contribution in [2.75, 3.05) is 39.9 Å². The van der Waals surface area contributed by atoms with Crippen molar-refractivity contribution in [2.24, 2.45) is 5.41 Å². The molecule has 1 heterocycles. The molecule has 0 aromatic rings. The lowest BCUT2D eigenvalue weighted by Gasteiger charge is -2.39. The number of likely N-dealkylation sites (N-methyl/N-ethyl adjacent to an activating group) is 1. The van der Waals surface area contributed by atoms with Crippen LogP contribution in [0.25, 0.3) is 0 Å². The number of hydrogen-bond donors (Lipinski definition) is 1. The molecule has 1 N–H and O–H groups in total. The van der Waals surface area contributed by atoms with Crippen molar-refractivity contribution in [1.29, 1.82) is 0 Å². The van der Waals surface area contributed by atoms with E-state index in [2.05, 4.69) is 31.0 Å². The molecule has 16 heavy (non-hydrogen) atoms. The molecule has 1 atom stereocenters. The van der Waals surface area contributed by atoms with Crippen LogP contribution in [0, 0.1) is 5.41 Å². The van der Waals surface area contributed by atoms with Crippen LogP contribution in [-0.2, 0) is 4.74 Å². The molecule has 0 aromatic carbocycles. The van der Waals surface area contributed by atoms with E-state index in [0.29, 0.717) is 11.5 Å². The molecule has 1 rings (SSSR count). The van der Waals surface area contributed by atoms with E-state index in [1.54, 1.807) is 7.11 Å². The largest absolute Gasteiger partial charge is 0.383 e. The number of nitrogens with zero attached hydrogens (tertiary/aromatic N) is 1. The molecule has 1 unspecified atom stereocenters. The molecule has 1 fully saturated rings. The van der Waals surface area contributed by atoms with Gasteiger partial charge in [0.2, 0.25) is 0 Å². The van der Waals surface area contributed by atoms with E-state index >= 15 is 0 Å². The molecular formula is C13H28N2O. The predicted molar refractivity (Wildman–Crippen MR) is 68.8 cm³/mol. The molecule has 1 aliphatic rings. The van der Waals surface area contributed by atoms with Crippen LogP contribution in [0.4, 0.5) is 0 Å². The zero-order chi connectivity index (χ0) is 12.0. The van der Waals surface area contributed by atoms with Gasteiger partial charge < -0.3 is 15.0 Å². The van der Waals surface area contributed by atoms with Crippen molar-refractivity contribution in [3.05, 3.63) is 0 Å². The molecule has 3 nitrogen and oxygen atoms in total. The van der Waals surface area contributed by atoms with Crippen LogP contribution in [0.15, 0.2) is 0 Å². The monoisotopic (exact) mass is 228 g/mol. The minimum absolute atomic E-state index is 0.476. The second kappa shape index (κ2) is 6.58. The van der Waals surface area contributed by atoms with Crippen LogP contribution < -0.4 is 5.32 Å². The van der Waals surface area contributed by atoms with Gasteiger partial charge in [-0.3, -0.25) is 0 Å². The number of rotatable bonds is 6. The van der Waals surface area contributed by atoms with Gasteiger partial charge in [0.1, 0.15) is 0 Å². The fourth-order valence-electron chi connectivity index (χ4n) is 2.68. The van der Waals surface area contributed by atoms with Gasteiger partial charge >= 0.3 is 0 Å². The second-order valence-electron chi connectivity index (χ2n) is 5.71. The Labute approximate surface area is 101 Å². The molecule has 1 saturated heterocycles. The third-order valence-electron chi connectivity index (χ3n) is 3.32. The number of nitrogens with one attached hydrogen (secondary N) is 1. The van der Waals surface area contributed by atoms with E-state index in [0.717, 1.165) is 19.7 Å². The lowest BCUT2D eigenvalue weighted by atomic mass is 9.84. The topological polar surface area (TPSA) is 24.5 Å². The molecule has 0 bridgehead atoms. The summed E-state index contributed by atoms with van der Waals surface area (Å²) < 4.78 is 5.26. The Kier molecular flexibility index (Phi) is 5.73. The zero-order valence-electron chi connectivity index (χ0n) is 11.4. The molecule has 0 radical (unpaired) electrons. The van der Waals surface area contributed by atoms with E-state index < -0.39 is 0 Å². The van der Waals surface area contributed by atoms with Crippen molar-refractivity contribution in [3.8, 4) is 0 Å². The molecule has 1 aliphatic heterocycles. The van der Waals surface area contributed by atoms with Crippen LogP contribution in [0.2, 0.25) is 0 Å². The van der Waals surface area contributed by atoms with Crippen molar-refractivity contribution in [1.82, 2.24) is 10.2 Å². The van der Waals surface area contributed by atoms with Gasteiger partial charge in [-0.1, -0.05) is 20.8 Å². The van der Waals surface area contributed by atoms with Gasteiger partial charge in [-0.2, -0.15) is 0 Å². The zero-order valence-corrected chi connectivity index (χ0v) is 11.4. The van der Waals surface area contributed by atoms with Gasteiger partial charge in [-0.25, -0.2) is 0 Å². The van der Waals surface area contributed by atoms with Crippen molar-refractivity contribution >= 4 is 0 Å². The first-order valence-corrected chi connectivity index (χ1v) is 6.52. The third-order valence-corrected chi connectivity index (χ3v) is 3.32. The van der Waals surface area contributed by atoms with Gasteiger partial charge in [-0.15, -0.1) is 0 Å². The van der Waals surface area contributed by atoms with Crippen LogP contribution in [0.5, 0.6) is 0 Å². The maximum absolute atomic E-state index is 5.26. The fourth-order valence-corrected chi connectivity index (χ4v) is 2.68. The summed E-state index contributed by atoms with van der Waals surface area (Å²) in [6.07, 6.45) is 2.69. The Hall–Kier alpha value is -0.120. The molecule has 0 amide bonds. The number of likely N-dealkylation sites (tertiary alicyclic amines) is 1. The molecule has 0 aromatic heterocycles. The van der Waals surface area contributed by atoms with Crippen LogP contribution >= 0.6 is 0 Å². The van der Waals surface area contributed by atoms with E-state index in [9.17, 15) is 0 Å². The SMILES string of the molecule is CCNC(COC)CN1CCCC(C)(C)C1. The Bertz CT molecular complexity index is 188. The van der Waals surface area contributed by atoms with E-state index in [1.807, 2.05) is 0 Å². The smallest absolute Gasteiger partial charge is 0.0628 e. The predicted octanol–water partition coefficient (Wildman–Crippen LogP) is 1.73. The van der Waals surface area contributed by atoms with Crippen LogP contribution in [-0.4, -0.2) is 50.8 Å². The molecule has 96 valence electrons. The number of ether oxygens (including phenoxy) is 1. The first kappa shape index (κ1) is 13.9. The van der Waals surface area contributed by atoms with Crippen LogP contribution in [0.3, 0.4) is 0 Å². The summed E-state index contributed by atoms with van der Waals surface area (Å²) in [4.78, 5) is 2.58. The second-order valence-corrected chi connectivity index (χ2v) is 5.71. The maximum atomic E-state index is 5.26. The average molecular weight is 228 g/mol. The third kappa shape index (κ3) is 4.81. The van der Waals surface area contributed by atoms with E-state index in [1.165, 1.54) is 25.9 Å². The van der Waals surface area contributed by atoms with E-state index in [-0.39, 0.29) is 0 Å². The molecule has 0 spiro atoms. The van der Waals surface area contributed by atoms with Gasteiger partial charge in [-0.05, 0) is 31.3 Å². The lowest BCUT2D eigenvalue weighted by molar-refractivity contribution is 0.0858. The standard InChI is InChI=1S/C13H28N2O/c1-5-14-12(10-16-4)9-15-8-6-7-13(2,3)11-15/h12,14H,5-11H2,1-4H3. The van der Waals surface area contributed by atoms with Crippen molar-refractivity contribution < 1.29 is 4.74 Å². The van der Waals surface area contributed by atoms with Crippen molar-refractivity contribution in [3.63, 3.8) is 0 Å². The van der Waals surface area contributed by atoms with Gasteiger partial charge in [0.05, 0.1) is 6.61 Å². The summed E-state index contributed by atoms with van der Waals surface area (Å²) in [6, 6.07) is 0.476. The van der Waals surface area contributed by atoms with Crippen LogP contribution in [0.1, 0.15) is 33.6 Å². The summed E-state index contributed by atoms with van der Waals surface area (Å²) in [6.45, 7) is 12.3. The number of methoxy groups -OCH3 is 1. The van der Waals surface area contributed by atoms with Gasteiger partial charge in [0.25, 0.3) is 0 Å². The van der Waals surface area contributed by atoms with E-state index in [4.69, 9.17) is 4.74 Å². The van der Waals surface area contributed by atoms with Crippen molar-refractivity contribution in [2.45, 2.75) is 39.7 Å².